The highest BCUT2D eigenvalue weighted by Crippen LogP contribution is 2.41. The Hall–Kier alpha value is 0.394. The molecule has 0 aromatic heterocycles. The molecule has 0 spiro atoms. The van der Waals surface area contributed by atoms with Crippen LogP contribution in [0, 0.1) is 0 Å². The van der Waals surface area contributed by atoms with Gasteiger partial charge in [0.05, 0.1) is 0 Å². The van der Waals surface area contributed by atoms with Crippen LogP contribution in [0.2, 0.25) is 26.2 Å². The van der Waals surface area contributed by atoms with Gasteiger partial charge < -0.3 is 4.57 Å². The molecule has 0 aromatic rings. The molecule has 0 saturated heterocycles. The van der Waals surface area contributed by atoms with Crippen LogP contribution in [-0.2, 0) is 0 Å². The molecule has 0 heterocycles. The third kappa shape index (κ3) is 1.92. The third-order valence-electron chi connectivity index (χ3n) is 3.96. The van der Waals surface area contributed by atoms with E-state index in [4.69, 9.17) is 0 Å². The van der Waals surface area contributed by atoms with E-state index in [-0.39, 0.29) is 0 Å². The fraction of sp³-hybridized carbons (Fsp3) is 1.00. The summed E-state index contributed by atoms with van der Waals surface area (Å²) in [6.07, 6.45) is 6.03. The van der Waals surface area contributed by atoms with Crippen molar-refractivity contribution in [3.63, 3.8) is 0 Å². The van der Waals surface area contributed by atoms with Crippen molar-refractivity contribution in [1.82, 2.24) is 4.57 Å². The van der Waals surface area contributed by atoms with Crippen molar-refractivity contribution in [2.75, 3.05) is 0 Å². The molecule has 0 bridgehead atoms. The fourth-order valence-corrected chi connectivity index (χ4v) is 8.29. The summed E-state index contributed by atoms with van der Waals surface area (Å²) >= 11 is 0. The Bertz CT molecular complexity index is 183. The van der Waals surface area contributed by atoms with Crippen molar-refractivity contribution in [2.24, 2.45) is 0 Å². The molecule has 0 N–H and O–H groups in total. The lowest BCUT2D eigenvalue weighted by molar-refractivity contribution is 0.411. The Labute approximate surface area is 85.0 Å². The second-order valence-corrected chi connectivity index (χ2v) is 19.5. The average Bonchev–Trinajstić information content (AvgIpc) is 2.75. The molecule has 0 aliphatic heterocycles. The smallest absolute Gasteiger partial charge is 0.109 e. The van der Waals surface area contributed by atoms with Gasteiger partial charge in [-0.15, -0.1) is 0 Å². The standard InChI is InChI=1S/C10H23NSi2/c1-12(2)13(3,4)11(9-5-6-9)10-7-8-10/h9-10,12H,5-8H2,1-4H3. The summed E-state index contributed by atoms with van der Waals surface area (Å²) in [7, 11) is -1.34. The third-order valence-corrected chi connectivity index (χ3v) is 18.2. The van der Waals surface area contributed by atoms with E-state index in [1.54, 1.807) is 0 Å². The van der Waals surface area contributed by atoms with Gasteiger partial charge in [-0.2, -0.15) is 0 Å². The van der Waals surface area contributed by atoms with Gasteiger partial charge in [-0.25, -0.2) is 0 Å². The minimum Gasteiger partial charge on any atom is -0.321 e. The summed E-state index contributed by atoms with van der Waals surface area (Å²) in [4.78, 5) is 0. The van der Waals surface area contributed by atoms with Crippen LogP contribution in [0.1, 0.15) is 25.7 Å². The molecule has 1 nitrogen and oxygen atoms in total. The summed E-state index contributed by atoms with van der Waals surface area (Å²) in [5.74, 6) is 0. The molecule has 0 amide bonds. The predicted octanol–water partition coefficient (Wildman–Crippen LogP) is 2.38. The zero-order valence-electron chi connectivity index (χ0n) is 9.51. The van der Waals surface area contributed by atoms with Crippen LogP contribution in [0.4, 0.5) is 0 Å². The van der Waals surface area contributed by atoms with Gasteiger partial charge in [-0.1, -0.05) is 26.2 Å². The van der Waals surface area contributed by atoms with Crippen molar-refractivity contribution in [3.05, 3.63) is 0 Å². The van der Waals surface area contributed by atoms with Crippen molar-refractivity contribution in [3.8, 4) is 0 Å². The van der Waals surface area contributed by atoms with Crippen LogP contribution in [0.15, 0.2) is 0 Å². The summed E-state index contributed by atoms with van der Waals surface area (Å²) in [5, 5.41) is 0. The number of hydrogen-bond acceptors (Lipinski definition) is 1. The minimum absolute atomic E-state index is 0.405. The summed E-state index contributed by atoms with van der Waals surface area (Å²) < 4.78 is 3.02. The lowest BCUT2D eigenvalue weighted by atomic mass is 10.6. The fourth-order valence-electron chi connectivity index (χ4n) is 2.24. The lowest BCUT2D eigenvalue weighted by Crippen LogP contribution is -2.59. The molecule has 76 valence electrons. The molecule has 0 aromatic carbocycles. The van der Waals surface area contributed by atoms with Crippen molar-refractivity contribution in [2.45, 2.75) is 64.0 Å². The second-order valence-electron chi connectivity index (χ2n) is 5.68. The Morgan fingerprint density at radius 3 is 1.62 bits per heavy atom. The number of rotatable bonds is 4. The summed E-state index contributed by atoms with van der Waals surface area (Å²) in [6, 6.07) is 2.06. The molecule has 13 heavy (non-hydrogen) atoms. The van der Waals surface area contributed by atoms with E-state index >= 15 is 0 Å². The first-order valence-corrected chi connectivity index (χ1v) is 12.9. The molecule has 2 saturated carbocycles. The first kappa shape index (κ1) is 9.93. The highest BCUT2D eigenvalue weighted by Gasteiger charge is 2.48. The van der Waals surface area contributed by atoms with Crippen LogP contribution < -0.4 is 0 Å². The monoisotopic (exact) mass is 213 g/mol. The number of nitrogens with zero attached hydrogens (tertiary/aromatic N) is 1. The van der Waals surface area contributed by atoms with E-state index in [2.05, 4.69) is 30.8 Å². The van der Waals surface area contributed by atoms with E-state index in [1.807, 2.05) is 0 Å². The maximum Gasteiger partial charge on any atom is 0.109 e. The molecule has 0 atom stereocenters. The zero-order chi connectivity index (χ0) is 9.64. The Morgan fingerprint density at radius 2 is 1.38 bits per heavy atom. The van der Waals surface area contributed by atoms with Gasteiger partial charge in [0, 0.05) is 20.4 Å². The van der Waals surface area contributed by atoms with E-state index in [0.717, 1.165) is 12.1 Å². The highest BCUT2D eigenvalue weighted by molar-refractivity contribution is 7.30. The van der Waals surface area contributed by atoms with Gasteiger partial charge in [-0.3, -0.25) is 0 Å². The largest absolute Gasteiger partial charge is 0.321 e. The Kier molecular flexibility index (Phi) is 2.45. The molecule has 3 heteroatoms. The van der Waals surface area contributed by atoms with E-state index in [9.17, 15) is 0 Å². The summed E-state index contributed by atoms with van der Waals surface area (Å²) in [5.41, 5.74) is 0. The highest BCUT2D eigenvalue weighted by atomic mass is 29.2. The van der Waals surface area contributed by atoms with Gasteiger partial charge in [-0.05, 0) is 25.7 Å². The van der Waals surface area contributed by atoms with Gasteiger partial charge >= 0.3 is 0 Å². The van der Waals surface area contributed by atoms with Gasteiger partial charge in [0.25, 0.3) is 0 Å². The van der Waals surface area contributed by atoms with Crippen molar-refractivity contribution >= 4 is 16.1 Å². The first-order valence-electron chi connectivity index (χ1n) is 5.82. The molecule has 0 unspecified atom stereocenters. The van der Waals surface area contributed by atoms with E-state index in [0.29, 0.717) is 0 Å². The second kappa shape index (κ2) is 3.21. The maximum atomic E-state index is 3.02. The van der Waals surface area contributed by atoms with Crippen LogP contribution in [0.3, 0.4) is 0 Å². The molecule has 2 aliphatic rings. The van der Waals surface area contributed by atoms with Crippen molar-refractivity contribution in [1.29, 1.82) is 0 Å². The first-order chi connectivity index (χ1) is 6.03. The normalized spacial score (nSPS) is 24.5. The van der Waals surface area contributed by atoms with Crippen LogP contribution in [-0.4, -0.2) is 32.7 Å². The minimum atomic E-state index is -0.939. The zero-order valence-corrected chi connectivity index (χ0v) is 11.7. The van der Waals surface area contributed by atoms with Gasteiger partial charge in [0.1, 0.15) is 7.75 Å². The van der Waals surface area contributed by atoms with Gasteiger partial charge in [0.15, 0.2) is 0 Å². The molecule has 0 radical (unpaired) electrons. The van der Waals surface area contributed by atoms with Crippen molar-refractivity contribution < 1.29 is 0 Å². The molecule has 2 rings (SSSR count). The predicted molar refractivity (Wildman–Crippen MR) is 64.2 cm³/mol. The Balaban J connectivity index is 2.08. The van der Waals surface area contributed by atoms with Crippen LogP contribution in [0.5, 0.6) is 0 Å². The SMILES string of the molecule is C[SiH](C)[Si](C)(C)N(C1CC1)C1CC1. The van der Waals surface area contributed by atoms with E-state index < -0.39 is 16.1 Å². The average molecular weight is 213 g/mol. The maximum absolute atomic E-state index is 3.02. The van der Waals surface area contributed by atoms with Crippen LogP contribution >= 0.6 is 0 Å². The van der Waals surface area contributed by atoms with Gasteiger partial charge in [0.2, 0.25) is 0 Å². The number of hydrogen-bond donors (Lipinski definition) is 0. The molecule has 2 aliphatic carbocycles. The summed E-state index contributed by atoms with van der Waals surface area (Å²) in [6.45, 7) is 10.4. The topological polar surface area (TPSA) is 3.24 Å². The van der Waals surface area contributed by atoms with E-state index in [1.165, 1.54) is 25.7 Å². The lowest BCUT2D eigenvalue weighted by Gasteiger charge is -2.40. The molecule has 2 fully saturated rings. The van der Waals surface area contributed by atoms with Crippen LogP contribution in [0.25, 0.3) is 0 Å². The Morgan fingerprint density at radius 1 is 1.00 bits per heavy atom. The quantitative estimate of drug-likeness (QED) is 0.648. The molecular formula is C10H23NSi2. The molecular weight excluding hydrogens is 190 g/mol.